The van der Waals surface area contributed by atoms with Gasteiger partial charge in [-0.1, -0.05) is 41.9 Å². The molecule has 5 heteroatoms. The van der Waals surface area contributed by atoms with E-state index in [0.717, 1.165) is 25.9 Å². The second kappa shape index (κ2) is 7.77. The van der Waals surface area contributed by atoms with Gasteiger partial charge in [0.25, 0.3) is 5.91 Å². The van der Waals surface area contributed by atoms with Gasteiger partial charge in [-0.25, -0.2) is 0 Å². The summed E-state index contributed by atoms with van der Waals surface area (Å²) >= 11 is 6.07. The number of halogens is 1. The first-order valence-electron chi connectivity index (χ1n) is 8.99. The Bertz CT molecular complexity index is 764. The average Bonchev–Trinajstić information content (AvgIpc) is 2.62. The van der Waals surface area contributed by atoms with Crippen LogP contribution in [0.3, 0.4) is 0 Å². The average molecular weight is 373 g/mol. The van der Waals surface area contributed by atoms with Crippen molar-refractivity contribution in [2.24, 2.45) is 0 Å². The van der Waals surface area contributed by atoms with E-state index < -0.39 is 0 Å². The van der Waals surface area contributed by atoms with E-state index in [1.54, 1.807) is 12.3 Å². The van der Waals surface area contributed by atoms with E-state index in [-0.39, 0.29) is 16.9 Å². The number of carbonyl (C=O) groups is 1. The minimum atomic E-state index is -0.174. The van der Waals surface area contributed by atoms with Crippen LogP contribution in [0.2, 0.25) is 5.02 Å². The predicted octanol–water partition coefficient (Wildman–Crippen LogP) is 4.38. The minimum absolute atomic E-state index is 0.00166. The predicted molar refractivity (Wildman–Crippen MR) is 104 cm³/mol. The Morgan fingerprint density at radius 1 is 1.27 bits per heavy atom. The zero-order valence-electron chi connectivity index (χ0n) is 15.3. The molecule has 0 spiro atoms. The molecule has 2 aromatic rings. The molecule has 1 aliphatic heterocycles. The van der Waals surface area contributed by atoms with Crippen LogP contribution in [0.15, 0.2) is 48.8 Å². The van der Waals surface area contributed by atoms with Crippen LogP contribution in [0.5, 0.6) is 0 Å². The molecule has 1 aliphatic rings. The fraction of sp³-hybridized carbons (Fsp3) is 0.429. The van der Waals surface area contributed by atoms with Gasteiger partial charge in [-0.15, -0.1) is 0 Å². The number of carbonyl (C=O) groups excluding carboxylic acids is 1. The first kappa shape index (κ1) is 18.9. The molecule has 1 aromatic carbocycles. The molecular formula is C21H25ClN2O2. The van der Waals surface area contributed by atoms with Gasteiger partial charge in [0.1, 0.15) is 0 Å². The Morgan fingerprint density at radius 3 is 2.73 bits per heavy atom. The van der Waals surface area contributed by atoms with Crippen molar-refractivity contribution in [2.45, 2.75) is 44.1 Å². The number of benzene rings is 1. The molecule has 0 saturated carbocycles. The quantitative estimate of drug-likeness (QED) is 0.847. The van der Waals surface area contributed by atoms with Gasteiger partial charge in [0.2, 0.25) is 0 Å². The fourth-order valence-electron chi connectivity index (χ4n) is 3.94. The Balaban J connectivity index is 1.73. The summed E-state index contributed by atoms with van der Waals surface area (Å²) in [7, 11) is 0. The van der Waals surface area contributed by atoms with Crippen LogP contribution in [-0.2, 0) is 10.2 Å². The molecule has 4 nitrogen and oxygen atoms in total. The highest BCUT2D eigenvalue weighted by molar-refractivity contribution is 6.33. The zero-order chi connectivity index (χ0) is 18.6. The van der Waals surface area contributed by atoms with E-state index in [4.69, 9.17) is 16.3 Å². The summed E-state index contributed by atoms with van der Waals surface area (Å²) in [6.07, 6.45) is 5.80. The Morgan fingerprint density at radius 2 is 2.04 bits per heavy atom. The smallest absolute Gasteiger partial charge is 0.252 e. The lowest BCUT2D eigenvalue weighted by molar-refractivity contribution is -0.0838. The molecule has 0 radical (unpaired) electrons. The normalized spacial score (nSPS) is 22.0. The van der Waals surface area contributed by atoms with Crippen LogP contribution in [0.4, 0.5) is 0 Å². The standard InChI is InChI=1S/C21H25ClN2O2/c1-20(2)15-21(10-13-26-20,16-6-4-3-5-7-16)9-12-24-19(25)17-8-11-23-14-18(17)22/h3-8,11,14H,9-10,12-13,15H2,1-2H3,(H,24,25)/t21-/m1/s1. The van der Waals surface area contributed by atoms with Crippen molar-refractivity contribution in [3.05, 3.63) is 64.9 Å². The summed E-state index contributed by atoms with van der Waals surface area (Å²) < 4.78 is 5.94. The minimum Gasteiger partial charge on any atom is -0.376 e. The van der Waals surface area contributed by atoms with Gasteiger partial charge in [-0.2, -0.15) is 0 Å². The first-order valence-corrected chi connectivity index (χ1v) is 9.37. The zero-order valence-corrected chi connectivity index (χ0v) is 16.1. The molecular weight excluding hydrogens is 348 g/mol. The van der Waals surface area contributed by atoms with E-state index in [2.05, 4.69) is 48.4 Å². The van der Waals surface area contributed by atoms with Crippen LogP contribution >= 0.6 is 11.6 Å². The maximum absolute atomic E-state index is 12.4. The van der Waals surface area contributed by atoms with E-state index in [0.29, 0.717) is 17.1 Å². The van der Waals surface area contributed by atoms with E-state index >= 15 is 0 Å². The number of ether oxygens (including phenoxy) is 1. The molecule has 26 heavy (non-hydrogen) atoms. The molecule has 1 fully saturated rings. The highest BCUT2D eigenvalue weighted by atomic mass is 35.5. The summed E-state index contributed by atoms with van der Waals surface area (Å²) in [5.74, 6) is -0.160. The van der Waals surface area contributed by atoms with Crippen molar-refractivity contribution >= 4 is 17.5 Å². The van der Waals surface area contributed by atoms with Crippen LogP contribution in [0.1, 0.15) is 49.0 Å². The highest BCUT2D eigenvalue weighted by Gasteiger charge is 2.41. The number of nitrogens with one attached hydrogen (secondary N) is 1. The monoisotopic (exact) mass is 372 g/mol. The second-order valence-electron chi connectivity index (χ2n) is 7.54. The molecule has 0 unspecified atom stereocenters. The van der Waals surface area contributed by atoms with Crippen LogP contribution in [0.25, 0.3) is 0 Å². The molecule has 1 aromatic heterocycles. The summed E-state index contributed by atoms with van der Waals surface area (Å²) in [6.45, 7) is 5.59. The van der Waals surface area contributed by atoms with Crippen molar-refractivity contribution in [2.75, 3.05) is 13.2 Å². The second-order valence-corrected chi connectivity index (χ2v) is 7.95. The number of hydrogen-bond donors (Lipinski definition) is 1. The Hall–Kier alpha value is -1.91. The lowest BCUT2D eigenvalue weighted by Crippen LogP contribution is -2.45. The number of pyridine rings is 1. The van der Waals surface area contributed by atoms with Gasteiger partial charge in [0.15, 0.2) is 0 Å². The summed E-state index contributed by atoms with van der Waals surface area (Å²) in [5, 5.41) is 3.39. The summed E-state index contributed by atoms with van der Waals surface area (Å²) in [5.41, 5.74) is 1.60. The van der Waals surface area contributed by atoms with Gasteiger partial charge in [0.05, 0.1) is 16.2 Å². The van der Waals surface area contributed by atoms with Crippen LogP contribution in [0, 0.1) is 0 Å². The summed E-state index contributed by atoms with van der Waals surface area (Å²) in [4.78, 5) is 16.3. The molecule has 1 atom stereocenters. The highest BCUT2D eigenvalue weighted by Crippen LogP contribution is 2.43. The SMILES string of the molecule is CC1(C)C[C@](CCNC(=O)c2ccncc2Cl)(c2ccccc2)CCO1. The van der Waals surface area contributed by atoms with Crippen LogP contribution < -0.4 is 5.32 Å². The summed E-state index contributed by atoms with van der Waals surface area (Å²) in [6, 6.07) is 12.2. The lowest BCUT2D eigenvalue weighted by atomic mass is 9.67. The van der Waals surface area contributed by atoms with E-state index in [1.165, 1.54) is 11.8 Å². The van der Waals surface area contributed by atoms with Crippen LogP contribution in [-0.4, -0.2) is 29.6 Å². The number of hydrogen-bond acceptors (Lipinski definition) is 3. The maximum Gasteiger partial charge on any atom is 0.252 e. The van der Waals surface area contributed by atoms with Gasteiger partial charge < -0.3 is 10.1 Å². The number of amides is 1. The third-order valence-electron chi connectivity index (χ3n) is 5.13. The largest absolute Gasteiger partial charge is 0.376 e. The van der Waals surface area contributed by atoms with Gasteiger partial charge in [0, 0.05) is 31.0 Å². The Labute approximate surface area is 159 Å². The fourth-order valence-corrected chi connectivity index (χ4v) is 4.15. The van der Waals surface area contributed by atoms with Crippen molar-refractivity contribution in [3.8, 4) is 0 Å². The van der Waals surface area contributed by atoms with Crippen molar-refractivity contribution in [1.29, 1.82) is 0 Å². The third-order valence-corrected chi connectivity index (χ3v) is 5.43. The van der Waals surface area contributed by atoms with E-state index in [9.17, 15) is 4.79 Å². The third kappa shape index (κ3) is 4.25. The van der Waals surface area contributed by atoms with Crippen molar-refractivity contribution in [1.82, 2.24) is 10.3 Å². The van der Waals surface area contributed by atoms with Gasteiger partial charge in [-0.05, 0) is 44.7 Å². The molecule has 138 valence electrons. The molecule has 1 N–H and O–H groups in total. The molecule has 0 aliphatic carbocycles. The molecule has 3 rings (SSSR count). The van der Waals surface area contributed by atoms with E-state index in [1.807, 2.05) is 6.07 Å². The number of nitrogens with zero attached hydrogens (tertiary/aromatic N) is 1. The first-order chi connectivity index (χ1) is 12.4. The maximum atomic E-state index is 12.4. The van der Waals surface area contributed by atoms with Crippen molar-refractivity contribution < 1.29 is 9.53 Å². The topological polar surface area (TPSA) is 51.2 Å². The lowest BCUT2D eigenvalue weighted by Gasteiger charge is -2.45. The molecule has 1 amide bonds. The van der Waals surface area contributed by atoms with Gasteiger partial charge in [-0.3, -0.25) is 9.78 Å². The molecule has 2 heterocycles. The molecule has 1 saturated heterocycles. The number of rotatable bonds is 5. The number of aromatic nitrogens is 1. The van der Waals surface area contributed by atoms with Crippen molar-refractivity contribution in [3.63, 3.8) is 0 Å². The molecule has 0 bridgehead atoms. The Kier molecular flexibility index (Phi) is 5.64. The van der Waals surface area contributed by atoms with Gasteiger partial charge >= 0.3 is 0 Å².